The van der Waals surface area contributed by atoms with Gasteiger partial charge >= 0.3 is 11.9 Å². The number of aliphatic hydroxyl groups excluding tert-OH is 1. The summed E-state index contributed by atoms with van der Waals surface area (Å²) in [6.45, 7) is 5.71. The molecule has 3 heterocycles. The molecule has 0 amide bonds. The summed E-state index contributed by atoms with van der Waals surface area (Å²) in [4.78, 5) is 30.5. The molecule has 1 fully saturated rings. The number of rotatable bonds is 6. The minimum atomic E-state index is -1.13. The summed E-state index contributed by atoms with van der Waals surface area (Å²) in [5.74, 6) is -2.58. The van der Waals surface area contributed by atoms with E-state index in [9.17, 15) is 24.9 Å². The van der Waals surface area contributed by atoms with Gasteiger partial charge in [-0.25, -0.2) is 4.79 Å². The van der Waals surface area contributed by atoms with E-state index in [0.29, 0.717) is 4.91 Å². The fraction of sp³-hybridized carbons (Fsp3) is 0.688. The van der Waals surface area contributed by atoms with Crippen LogP contribution >= 0.6 is 23.5 Å². The van der Waals surface area contributed by atoms with Gasteiger partial charge in [0.2, 0.25) is 0 Å². The first-order valence-corrected chi connectivity index (χ1v) is 10.4. The van der Waals surface area contributed by atoms with Crippen LogP contribution in [-0.2, 0) is 9.59 Å². The Morgan fingerprint density at radius 1 is 1.38 bits per heavy atom. The van der Waals surface area contributed by atoms with Crippen molar-refractivity contribution < 1.29 is 24.9 Å². The lowest BCUT2D eigenvalue weighted by atomic mass is 9.87. The number of likely N-dealkylation sites (tertiary alicyclic amines) is 1. The van der Waals surface area contributed by atoms with Gasteiger partial charge in [-0.05, 0) is 6.92 Å². The molecular weight excluding hydrogens is 378 g/mol. The number of carbonyl (C=O) groups is 2. The minimum absolute atomic E-state index is 0.0606. The summed E-state index contributed by atoms with van der Waals surface area (Å²) in [6.07, 6.45) is -1.08. The van der Waals surface area contributed by atoms with Gasteiger partial charge in [-0.15, -0.1) is 11.8 Å². The molecular formula is C16H23N3O5S2. The molecule has 8 nitrogen and oxygen atoms in total. The molecule has 144 valence electrons. The van der Waals surface area contributed by atoms with Crippen molar-refractivity contribution in [2.75, 3.05) is 25.4 Å². The maximum Gasteiger partial charge on any atom is 0.352 e. The van der Waals surface area contributed by atoms with Crippen molar-refractivity contribution in [3.8, 4) is 0 Å². The van der Waals surface area contributed by atoms with E-state index in [1.54, 1.807) is 11.8 Å². The minimum Gasteiger partial charge on any atom is -0.481 e. The van der Waals surface area contributed by atoms with Gasteiger partial charge in [0, 0.05) is 41.0 Å². The van der Waals surface area contributed by atoms with Crippen LogP contribution in [0.3, 0.4) is 0 Å². The lowest BCUT2D eigenvalue weighted by molar-refractivity contribution is -0.147. The zero-order chi connectivity index (χ0) is 19.0. The number of hydrogen-bond donors (Lipinski definition) is 4. The summed E-state index contributed by atoms with van der Waals surface area (Å²) >= 11 is 3.24. The molecule has 3 rings (SSSR count). The van der Waals surface area contributed by atoms with Crippen LogP contribution in [0.4, 0.5) is 0 Å². The van der Waals surface area contributed by atoms with E-state index in [1.165, 1.54) is 18.7 Å². The van der Waals surface area contributed by atoms with Crippen molar-refractivity contribution >= 4 is 40.6 Å². The van der Waals surface area contributed by atoms with Crippen LogP contribution in [0.15, 0.2) is 15.6 Å². The highest BCUT2D eigenvalue weighted by atomic mass is 32.2. The summed E-state index contributed by atoms with van der Waals surface area (Å²) in [6, 6.07) is -0.646. The first-order chi connectivity index (χ1) is 12.3. The van der Waals surface area contributed by atoms with Gasteiger partial charge in [0.15, 0.2) is 5.17 Å². The van der Waals surface area contributed by atoms with Gasteiger partial charge < -0.3 is 25.5 Å². The summed E-state index contributed by atoms with van der Waals surface area (Å²) < 4.78 is 0. The number of aliphatic hydroxyl groups is 1. The predicted molar refractivity (Wildman–Crippen MR) is 101 cm³/mol. The van der Waals surface area contributed by atoms with Crippen LogP contribution in [0.5, 0.6) is 0 Å². The van der Waals surface area contributed by atoms with Crippen LogP contribution in [0.25, 0.3) is 0 Å². The molecule has 0 aromatic carbocycles. The van der Waals surface area contributed by atoms with E-state index < -0.39 is 30.0 Å². The highest BCUT2D eigenvalue weighted by Crippen LogP contribution is 2.42. The second kappa shape index (κ2) is 7.69. The van der Waals surface area contributed by atoms with Gasteiger partial charge in [0.25, 0.3) is 0 Å². The molecule has 4 atom stereocenters. The second-order valence-electron chi connectivity index (χ2n) is 6.77. The first-order valence-electron chi connectivity index (χ1n) is 8.53. The molecule has 0 radical (unpaired) electrons. The fourth-order valence-corrected chi connectivity index (χ4v) is 5.88. The van der Waals surface area contributed by atoms with Crippen LogP contribution < -0.4 is 5.32 Å². The van der Waals surface area contributed by atoms with Gasteiger partial charge in [-0.3, -0.25) is 9.79 Å². The van der Waals surface area contributed by atoms with Crippen molar-refractivity contribution in [3.05, 3.63) is 10.6 Å². The average Bonchev–Trinajstić information content (AvgIpc) is 3.12. The van der Waals surface area contributed by atoms with Crippen molar-refractivity contribution in [2.45, 2.75) is 31.2 Å². The Labute approximate surface area is 160 Å². The Hall–Kier alpha value is -1.39. The van der Waals surface area contributed by atoms with E-state index in [2.05, 4.69) is 15.2 Å². The SMILES string of the molecule is C[C@@H](O)[C@@H](C(=O)O)[C@@H]1NC(C(=O)O)=C(SC2CN(C3=NCCS3)C2)[C@@H]1C. The monoisotopic (exact) mass is 401 g/mol. The number of carboxylic acids is 2. The fourth-order valence-electron chi connectivity index (χ4n) is 3.51. The molecule has 3 aliphatic heterocycles. The van der Waals surface area contributed by atoms with Gasteiger partial charge in [-0.1, -0.05) is 18.7 Å². The molecule has 0 aliphatic carbocycles. The molecule has 0 spiro atoms. The number of thioether (sulfide) groups is 2. The Morgan fingerprint density at radius 2 is 2.08 bits per heavy atom. The molecule has 0 bridgehead atoms. The quantitative estimate of drug-likeness (QED) is 0.504. The van der Waals surface area contributed by atoms with Crippen molar-refractivity contribution in [1.82, 2.24) is 10.2 Å². The Kier molecular flexibility index (Phi) is 5.73. The molecule has 3 aliphatic rings. The molecule has 4 N–H and O–H groups in total. The molecule has 0 saturated carbocycles. The highest BCUT2D eigenvalue weighted by Gasteiger charge is 2.45. The predicted octanol–water partition coefficient (Wildman–Crippen LogP) is 0.492. The summed E-state index contributed by atoms with van der Waals surface area (Å²) in [7, 11) is 0. The zero-order valence-electron chi connectivity index (χ0n) is 14.6. The number of hydrogen-bond acceptors (Lipinski definition) is 8. The maximum absolute atomic E-state index is 11.7. The van der Waals surface area contributed by atoms with Crippen LogP contribution in [0, 0.1) is 11.8 Å². The Balaban J connectivity index is 1.69. The second-order valence-corrected chi connectivity index (χ2v) is 9.17. The number of aliphatic carboxylic acids is 2. The van der Waals surface area contributed by atoms with E-state index >= 15 is 0 Å². The third kappa shape index (κ3) is 3.67. The topological polar surface area (TPSA) is 122 Å². The molecule has 10 heteroatoms. The summed E-state index contributed by atoms with van der Waals surface area (Å²) in [5, 5.41) is 33.0. The largest absolute Gasteiger partial charge is 0.481 e. The van der Waals surface area contributed by atoms with E-state index in [1.807, 2.05) is 6.92 Å². The number of aliphatic imine (C=N–C) groups is 1. The van der Waals surface area contributed by atoms with Crippen molar-refractivity contribution in [2.24, 2.45) is 16.8 Å². The number of nitrogens with one attached hydrogen (secondary N) is 1. The molecule has 26 heavy (non-hydrogen) atoms. The third-order valence-electron chi connectivity index (χ3n) is 4.90. The maximum atomic E-state index is 11.7. The standard InChI is InChI=1S/C16H23N3O5S2/c1-7-11(10(8(2)20)14(21)22)18-12(15(23)24)13(7)26-9-5-19(6-9)16-17-3-4-25-16/h7-11,18,20H,3-6H2,1-2H3,(H,21,22)(H,23,24)/t7-,8-,10-,11-/m1/s1. The lowest BCUT2D eigenvalue weighted by Crippen LogP contribution is -2.51. The molecule has 0 unspecified atom stereocenters. The third-order valence-corrected chi connectivity index (χ3v) is 7.39. The lowest BCUT2D eigenvalue weighted by Gasteiger charge is -2.40. The normalized spacial score (nSPS) is 28.4. The zero-order valence-corrected chi connectivity index (χ0v) is 16.2. The van der Waals surface area contributed by atoms with E-state index in [0.717, 1.165) is 30.6 Å². The number of carboxylic acid groups (broad SMARTS) is 2. The van der Waals surface area contributed by atoms with Crippen LogP contribution in [0.1, 0.15) is 13.8 Å². The van der Waals surface area contributed by atoms with E-state index in [-0.39, 0.29) is 16.9 Å². The van der Waals surface area contributed by atoms with Crippen LogP contribution in [0.2, 0.25) is 0 Å². The van der Waals surface area contributed by atoms with Crippen LogP contribution in [-0.4, -0.2) is 80.1 Å². The van der Waals surface area contributed by atoms with Crippen molar-refractivity contribution in [3.63, 3.8) is 0 Å². The summed E-state index contributed by atoms with van der Waals surface area (Å²) in [5.41, 5.74) is 0.0606. The van der Waals surface area contributed by atoms with Gasteiger partial charge in [0.05, 0.1) is 12.6 Å². The number of amidine groups is 1. The first kappa shape index (κ1) is 19.4. The molecule has 1 saturated heterocycles. The van der Waals surface area contributed by atoms with Crippen molar-refractivity contribution in [1.29, 1.82) is 0 Å². The van der Waals surface area contributed by atoms with Gasteiger partial charge in [-0.2, -0.15) is 0 Å². The smallest absolute Gasteiger partial charge is 0.352 e. The average molecular weight is 402 g/mol. The molecule has 0 aromatic heterocycles. The van der Waals surface area contributed by atoms with E-state index in [4.69, 9.17) is 0 Å². The Morgan fingerprint density at radius 3 is 2.58 bits per heavy atom. The van der Waals surface area contributed by atoms with Gasteiger partial charge in [0.1, 0.15) is 11.6 Å². The molecule has 0 aromatic rings. The highest BCUT2D eigenvalue weighted by molar-refractivity contribution is 8.14. The number of nitrogens with zero attached hydrogens (tertiary/aromatic N) is 2. The Bertz CT molecular complexity index is 660.